The number of hydrogen-bond donors (Lipinski definition) is 2. The van der Waals surface area contributed by atoms with Gasteiger partial charge in [0.05, 0.1) is 22.7 Å². The summed E-state index contributed by atoms with van der Waals surface area (Å²) >= 11 is 0. The molecule has 3 N–H and O–H groups in total. The highest BCUT2D eigenvalue weighted by molar-refractivity contribution is 6.06. The predicted octanol–water partition coefficient (Wildman–Crippen LogP) is 1.84. The van der Waals surface area contributed by atoms with E-state index in [1.807, 2.05) is 13.8 Å². The molecule has 2 aromatic heterocycles. The fourth-order valence-corrected chi connectivity index (χ4v) is 3.85. The molecular weight excluding hydrogens is 378 g/mol. The minimum Gasteiger partial charge on any atom is -0.477 e. The lowest BCUT2D eigenvalue weighted by atomic mass is 9.98. The summed E-state index contributed by atoms with van der Waals surface area (Å²) in [4.78, 5) is 32.7. The molecule has 1 amide bonds. The molecule has 1 aliphatic heterocycles. The Morgan fingerprint density at radius 3 is 2.72 bits per heavy atom. The van der Waals surface area contributed by atoms with Crippen LogP contribution in [0.5, 0.6) is 0 Å². The summed E-state index contributed by atoms with van der Waals surface area (Å²) in [6.45, 7) is 7.01. The molecule has 2 aromatic rings. The van der Waals surface area contributed by atoms with E-state index in [9.17, 15) is 9.59 Å². The molecule has 3 rings (SSSR count). The minimum absolute atomic E-state index is 0.0134. The minimum atomic E-state index is -0.666. The molecule has 10 heteroatoms. The van der Waals surface area contributed by atoms with Gasteiger partial charge in [0.2, 0.25) is 0 Å². The van der Waals surface area contributed by atoms with Crippen LogP contribution in [0.25, 0.3) is 11.0 Å². The fourth-order valence-electron chi connectivity index (χ4n) is 3.85. The Kier molecular flexibility index (Phi) is 5.83. The summed E-state index contributed by atoms with van der Waals surface area (Å²) in [5.41, 5.74) is 6.68. The second-order valence-electron chi connectivity index (χ2n) is 7.07. The molecular formula is C19H25N5O5. The number of fused-ring (bicyclic) bond motifs is 1. The van der Waals surface area contributed by atoms with Crippen LogP contribution in [0.1, 0.15) is 55.3 Å². The number of carbonyl (C=O) groups is 2. The Bertz CT molecular complexity index is 956. The van der Waals surface area contributed by atoms with Crippen molar-refractivity contribution in [3.05, 3.63) is 23.3 Å². The van der Waals surface area contributed by atoms with Crippen LogP contribution in [0.3, 0.4) is 0 Å². The Morgan fingerprint density at radius 1 is 1.41 bits per heavy atom. The first-order valence-corrected chi connectivity index (χ1v) is 9.39. The topological polar surface area (TPSA) is 142 Å². The van der Waals surface area contributed by atoms with Crippen molar-refractivity contribution < 1.29 is 23.8 Å². The first-order chi connectivity index (χ1) is 13.8. The van der Waals surface area contributed by atoms with Gasteiger partial charge in [0.1, 0.15) is 18.1 Å². The van der Waals surface area contributed by atoms with E-state index in [4.69, 9.17) is 25.4 Å². The molecule has 0 bridgehead atoms. The summed E-state index contributed by atoms with van der Waals surface area (Å²) in [5, 5.41) is 7.53. The van der Waals surface area contributed by atoms with Gasteiger partial charge in [-0.1, -0.05) is 13.8 Å². The maximum absolute atomic E-state index is 12.1. The van der Waals surface area contributed by atoms with Gasteiger partial charge in [-0.3, -0.25) is 15.0 Å². The number of aryl methyl sites for hydroxylation is 1. The molecule has 1 saturated heterocycles. The highest BCUT2D eigenvalue weighted by Gasteiger charge is 2.45. The van der Waals surface area contributed by atoms with Crippen molar-refractivity contribution in [3.8, 4) is 0 Å². The first-order valence-electron chi connectivity index (χ1n) is 9.39. The van der Waals surface area contributed by atoms with E-state index in [1.165, 1.54) is 6.92 Å². The van der Waals surface area contributed by atoms with E-state index in [0.717, 1.165) is 12.8 Å². The van der Waals surface area contributed by atoms with E-state index in [0.29, 0.717) is 22.6 Å². The molecule has 1 fully saturated rings. The molecule has 4 atom stereocenters. The largest absolute Gasteiger partial charge is 0.477 e. The number of hydrogen-bond acceptors (Lipinski definition) is 8. The average Bonchev–Trinajstić information content (AvgIpc) is 3.18. The average molecular weight is 403 g/mol. The van der Waals surface area contributed by atoms with Gasteiger partial charge in [-0.2, -0.15) is 0 Å². The lowest BCUT2D eigenvalue weighted by molar-refractivity contribution is -0.153. The SMILES string of the molecule is CC[C@H]1O[C@@H](n2cc(C(N)=O)c3c(COC=N)nc(C)nc32)[C@H](OC(C)=O)[C@@H]1C. The van der Waals surface area contributed by atoms with Crippen molar-refractivity contribution in [2.45, 2.75) is 59.2 Å². The van der Waals surface area contributed by atoms with Gasteiger partial charge in [-0.05, 0) is 13.3 Å². The summed E-state index contributed by atoms with van der Waals surface area (Å²) in [6, 6.07) is 0. The van der Waals surface area contributed by atoms with Gasteiger partial charge in [-0.25, -0.2) is 9.97 Å². The maximum atomic E-state index is 12.1. The van der Waals surface area contributed by atoms with Crippen molar-refractivity contribution in [1.82, 2.24) is 14.5 Å². The Labute approximate surface area is 167 Å². The zero-order chi connectivity index (χ0) is 21.3. The number of primary amides is 1. The molecule has 3 heterocycles. The molecule has 156 valence electrons. The first kappa shape index (κ1) is 20.7. The van der Waals surface area contributed by atoms with E-state index < -0.39 is 24.2 Å². The van der Waals surface area contributed by atoms with E-state index in [-0.39, 0.29) is 24.2 Å². The van der Waals surface area contributed by atoms with Gasteiger partial charge >= 0.3 is 5.97 Å². The summed E-state index contributed by atoms with van der Waals surface area (Å²) in [7, 11) is 0. The fraction of sp³-hybridized carbons (Fsp3) is 0.526. The molecule has 0 aromatic carbocycles. The molecule has 0 spiro atoms. The van der Waals surface area contributed by atoms with Crippen molar-refractivity contribution >= 4 is 29.3 Å². The zero-order valence-electron chi connectivity index (χ0n) is 16.8. The van der Waals surface area contributed by atoms with E-state index in [1.54, 1.807) is 17.7 Å². The number of ether oxygens (including phenoxy) is 3. The summed E-state index contributed by atoms with van der Waals surface area (Å²) in [5.74, 6) is -0.658. The molecule has 0 saturated carbocycles. The quantitative estimate of drug-likeness (QED) is 0.408. The lowest BCUT2D eigenvalue weighted by Gasteiger charge is -2.22. The van der Waals surface area contributed by atoms with Gasteiger partial charge in [0, 0.05) is 19.0 Å². The van der Waals surface area contributed by atoms with E-state index >= 15 is 0 Å². The zero-order valence-corrected chi connectivity index (χ0v) is 16.8. The third-order valence-corrected chi connectivity index (χ3v) is 5.11. The highest BCUT2D eigenvalue weighted by atomic mass is 16.6. The molecule has 29 heavy (non-hydrogen) atoms. The van der Waals surface area contributed by atoms with Crippen LogP contribution in [0.15, 0.2) is 6.20 Å². The van der Waals surface area contributed by atoms with Crippen LogP contribution < -0.4 is 5.73 Å². The van der Waals surface area contributed by atoms with Gasteiger partial charge in [0.15, 0.2) is 18.7 Å². The summed E-state index contributed by atoms with van der Waals surface area (Å²) in [6.07, 6.45) is 1.76. The maximum Gasteiger partial charge on any atom is 0.303 e. The molecule has 1 aliphatic rings. The van der Waals surface area contributed by atoms with Crippen molar-refractivity contribution in [2.24, 2.45) is 11.7 Å². The van der Waals surface area contributed by atoms with Crippen LogP contribution in [0.4, 0.5) is 0 Å². The standard InChI is InChI=1S/C19H25N5O5/c1-5-14-9(2)16(28-11(4)25)19(29-14)24-6-12(17(21)26)15-13(7-27-8-20)22-10(3)23-18(15)24/h6,8-9,14,16,19-20H,5,7H2,1-4H3,(H2,21,26)/t9-,14-,16-,19-/m1/s1. The normalized spacial score (nSPS) is 23.9. The van der Waals surface area contributed by atoms with Gasteiger partial charge in [-0.15, -0.1) is 0 Å². The Morgan fingerprint density at radius 2 is 2.14 bits per heavy atom. The van der Waals surface area contributed by atoms with Gasteiger partial charge < -0.3 is 24.5 Å². The van der Waals surface area contributed by atoms with Crippen LogP contribution >= 0.6 is 0 Å². The monoisotopic (exact) mass is 403 g/mol. The Hall–Kier alpha value is -3.01. The number of nitrogens with one attached hydrogen (secondary N) is 1. The number of rotatable bonds is 7. The molecule has 0 aliphatic carbocycles. The Balaban J connectivity index is 2.20. The number of nitrogens with two attached hydrogens (primary N) is 1. The predicted molar refractivity (Wildman–Crippen MR) is 103 cm³/mol. The molecule has 0 unspecified atom stereocenters. The van der Waals surface area contributed by atoms with E-state index in [2.05, 4.69) is 9.97 Å². The highest BCUT2D eigenvalue weighted by Crippen LogP contribution is 2.40. The lowest BCUT2D eigenvalue weighted by Crippen LogP contribution is -2.29. The van der Waals surface area contributed by atoms with Gasteiger partial charge in [0.25, 0.3) is 5.91 Å². The van der Waals surface area contributed by atoms with Crippen LogP contribution in [-0.4, -0.2) is 45.0 Å². The van der Waals surface area contributed by atoms with Crippen LogP contribution in [0, 0.1) is 18.3 Å². The number of aromatic nitrogens is 3. The second kappa shape index (κ2) is 8.16. The molecule has 0 radical (unpaired) electrons. The number of nitrogens with zero attached hydrogens (tertiary/aromatic N) is 3. The number of carbonyl (C=O) groups excluding carboxylic acids is 2. The summed E-state index contributed by atoms with van der Waals surface area (Å²) < 4.78 is 18.5. The van der Waals surface area contributed by atoms with Crippen molar-refractivity contribution in [2.75, 3.05) is 0 Å². The molecule has 10 nitrogen and oxygen atoms in total. The second-order valence-corrected chi connectivity index (χ2v) is 7.07. The van der Waals surface area contributed by atoms with Crippen molar-refractivity contribution in [1.29, 1.82) is 5.41 Å². The third-order valence-electron chi connectivity index (χ3n) is 5.11. The number of esters is 1. The smallest absolute Gasteiger partial charge is 0.303 e. The van der Waals surface area contributed by atoms with Crippen LogP contribution in [0.2, 0.25) is 0 Å². The number of amides is 1. The van der Waals surface area contributed by atoms with Crippen LogP contribution in [-0.2, 0) is 25.6 Å². The third kappa shape index (κ3) is 3.80. The van der Waals surface area contributed by atoms with Crippen molar-refractivity contribution in [3.63, 3.8) is 0 Å².